The number of aromatic amines is 1. The number of imidazole rings is 1. The molecule has 1 heterocycles. The monoisotopic (exact) mass is 256 g/mol. The van der Waals surface area contributed by atoms with Gasteiger partial charge in [-0.1, -0.05) is 0 Å². The molecule has 0 aliphatic heterocycles. The van der Waals surface area contributed by atoms with Crippen LogP contribution in [-0.2, 0) is 0 Å². The Kier molecular flexibility index (Phi) is 3.23. The fraction of sp³-hybridized carbons (Fsp3) is 0.182. The van der Waals surface area contributed by atoms with Crippen LogP contribution in [0.25, 0.3) is 5.69 Å². The van der Waals surface area contributed by atoms with Crippen LogP contribution in [0.5, 0.6) is 5.75 Å². The number of H-pyrrole nitrogens is 1. The number of aromatic nitrogens is 2. The van der Waals surface area contributed by atoms with E-state index in [0.29, 0.717) is 4.77 Å². The third kappa shape index (κ3) is 2.71. The SMILES string of the molecule is Cc1cn(-c2ccc(OC(F)F)cc2)c(=S)[nH]1. The van der Waals surface area contributed by atoms with Crippen LogP contribution in [0.4, 0.5) is 8.78 Å². The molecule has 2 aromatic rings. The Bertz CT molecular complexity index is 560. The highest BCUT2D eigenvalue weighted by Crippen LogP contribution is 2.17. The number of nitrogens with one attached hydrogen (secondary N) is 1. The molecule has 0 saturated heterocycles. The summed E-state index contributed by atoms with van der Waals surface area (Å²) in [5.74, 6) is 0.127. The van der Waals surface area contributed by atoms with E-state index < -0.39 is 6.61 Å². The maximum atomic E-state index is 12.0. The van der Waals surface area contributed by atoms with Crippen molar-refractivity contribution in [2.24, 2.45) is 0 Å². The van der Waals surface area contributed by atoms with E-state index in [2.05, 4.69) is 9.72 Å². The molecule has 1 N–H and O–H groups in total. The van der Waals surface area contributed by atoms with Crippen LogP contribution in [0, 0.1) is 11.7 Å². The molecule has 90 valence electrons. The van der Waals surface area contributed by atoms with E-state index in [9.17, 15) is 8.78 Å². The molecule has 0 saturated carbocycles. The molecule has 3 nitrogen and oxygen atoms in total. The lowest BCUT2D eigenvalue weighted by molar-refractivity contribution is -0.0498. The van der Waals surface area contributed by atoms with Crippen molar-refractivity contribution in [1.82, 2.24) is 9.55 Å². The summed E-state index contributed by atoms with van der Waals surface area (Å²) in [6, 6.07) is 6.29. The third-order valence-electron chi connectivity index (χ3n) is 2.19. The minimum atomic E-state index is -2.81. The highest BCUT2D eigenvalue weighted by atomic mass is 32.1. The van der Waals surface area contributed by atoms with Crippen molar-refractivity contribution in [2.45, 2.75) is 13.5 Å². The van der Waals surface area contributed by atoms with Gasteiger partial charge >= 0.3 is 6.61 Å². The van der Waals surface area contributed by atoms with Gasteiger partial charge < -0.3 is 9.72 Å². The first-order valence-electron chi connectivity index (χ1n) is 4.90. The van der Waals surface area contributed by atoms with Gasteiger partial charge in [0.05, 0.1) is 0 Å². The van der Waals surface area contributed by atoms with E-state index in [1.807, 2.05) is 13.1 Å². The van der Waals surface area contributed by atoms with Gasteiger partial charge in [0.1, 0.15) is 5.75 Å². The second-order valence-electron chi connectivity index (χ2n) is 3.48. The normalized spacial score (nSPS) is 10.8. The highest BCUT2D eigenvalue weighted by molar-refractivity contribution is 7.71. The molecule has 0 amide bonds. The maximum Gasteiger partial charge on any atom is 0.387 e. The van der Waals surface area contributed by atoms with Crippen molar-refractivity contribution in [3.8, 4) is 11.4 Å². The van der Waals surface area contributed by atoms with E-state index in [1.54, 1.807) is 16.7 Å². The zero-order valence-corrected chi connectivity index (χ0v) is 9.80. The molecule has 0 aliphatic rings. The number of benzene rings is 1. The largest absolute Gasteiger partial charge is 0.435 e. The Hall–Kier alpha value is -1.69. The summed E-state index contributed by atoms with van der Waals surface area (Å²) in [6.45, 7) is -0.918. The summed E-state index contributed by atoms with van der Waals surface area (Å²) in [4.78, 5) is 2.98. The lowest BCUT2D eigenvalue weighted by Crippen LogP contribution is -2.02. The van der Waals surface area contributed by atoms with E-state index in [-0.39, 0.29) is 5.75 Å². The van der Waals surface area contributed by atoms with E-state index in [4.69, 9.17) is 12.2 Å². The molecule has 0 bridgehead atoms. The van der Waals surface area contributed by atoms with Gasteiger partial charge in [-0.3, -0.25) is 4.57 Å². The molecule has 17 heavy (non-hydrogen) atoms. The Morgan fingerprint density at radius 1 is 1.29 bits per heavy atom. The zero-order valence-electron chi connectivity index (χ0n) is 8.98. The number of ether oxygens (including phenoxy) is 1. The van der Waals surface area contributed by atoms with Crippen molar-refractivity contribution in [1.29, 1.82) is 0 Å². The van der Waals surface area contributed by atoms with Crippen LogP contribution in [0.1, 0.15) is 5.69 Å². The van der Waals surface area contributed by atoms with Gasteiger partial charge in [0.2, 0.25) is 0 Å². The quantitative estimate of drug-likeness (QED) is 0.852. The zero-order chi connectivity index (χ0) is 12.4. The molecule has 0 radical (unpaired) electrons. The van der Waals surface area contributed by atoms with Gasteiger partial charge in [-0.15, -0.1) is 0 Å². The maximum absolute atomic E-state index is 12.0. The molecule has 0 aliphatic carbocycles. The average molecular weight is 256 g/mol. The van der Waals surface area contributed by atoms with Crippen LogP contribution < -0.4 is 4.74 Å². The Labute approximate surface area is 102 Å². The first-order valence-corrected chi connectivity index (χ1v) is 5.30. The molecule has 0 fully saturated rings. The van der Waals surface area contributed by atoms with Crippen LogP contribution in [0.3, 0.4) is 0 Å². The van der Waals surface area contributed by atoms with E-state index >= 15 is 0 Å². The van der Waals surface area contributed by atoms with Gasteiger partial charge in [-0.05, 0) is 43.4 Å². The van der Waals surface area contributed by atoms with E-state index in [0.717, 1.165) is 11.4 Å². The second-order valence-corrected chi connectivity index (χ2v) is 3.87. The minimum Gasteiger partial charge on any atom is -0.435 e. The molecule has 1 aromatic carbocycles. The van der Waals surface area contributed by atoms with Crippen LogP contribution in [0.15, 0.2) is 30.5 Å². The molecule has 0 spiro atoms. The van der Waals surface area contributed by atoms with Gasteiger partial charge in [0.15, 0.2) is 4.77 Å². The lowest BCUT2D eigenvalue weighted by Gasteiger charge is -2.06. The van der Waals surface area contributed by atoms with Crippen molar-refractivity contribution in [3.05, 3.63) is 40.9 Å². The van der Waals surface area contributed by atoms with Crippen LogP contribution >= 0.6 is 12.2 Å². The Balaban J connectivity index is 2.29. The summed E-state index contributed by atoms with van der Waals surface area (Å²) in [7, 11) is 0. The molecule has 0 unspecified atom stereocenters. The average Bonchev–Trinajstić information content (AvgIpc) is 2.58. The molecule has 6 heteroatoms. The summed E-state index contributed by atoms with van der Waals surface area (Å²) in [5, 5.41) is 0. The lowest BCUT2D eigenvalue weighted by atomic mass is 10.3. The number of alkyl halides is 2. The Morgan fingerprint density at radius 3 is 2.41 bits per heavy atom. The first kappa shape index (κ1) is 11.8. The summed E-state index contributed by atoms with van der Waals surface area (Å²) >= 11 is 5.11. The second kappa shape index (κ2) is 4.67. The number of aryl methyl sites for hydroxylation is 1. The number of rotatable bonds is 3. The summed E-state index contributed by atoms with van der Waals surface area (Å²) in [6.07, 6.45) is 1.84. The number of hydrogen-bond acceptors (Lipinski definition) is 2. The summed E-state index contributed by atoms with van der Waals surface area (Å²) in [5.41, 5.74) is 1.73. The van der Waals surface area contributed by atoms with Gasteiger partial charge in [0.25, 0.3) is 0 Å². The Morgan fingerprint density at radius 2 is 1.94 bits per heavy atom. The third-order valence-corrected chi connectivity index (χ3v) is 2.48. The van der Waals surface area contributed by atoms with E-state index in [1.165, 1.54) is 12.1 Å². The van der Waals surface area contributed by atoms with Gasteiger partial charge in [-0.2, -0.15) is 8.78 Å². The molecule has 0 atom stereocenters. The molecule has 1 aromatic heterocycles. The predicted octanol–water partition coefficient (Wildman–Crippen LogP) is 3.44. The standard InChI is InChI=1S/C11H10F2N2OS/c1-7-6-15(11(17)14-7)8-2-4-9(5-3-8)16-10(12)13/h2-6,10H,1H3,(H,14,17). The van der Waals surface area contributed by atoms with Crippen molar-refractivity contribution < 1.29 is 13.5 Å². The molecular weight excluding hydrogens is 246 g/mol. The number of nitrogens with zero attached hydrogens (tertiary/aromatic N) is 1. The topological polar surface area (TPSA) is 29.9 Å². The van der Waals surface area contributed by atoms with Gasteiger partial charge in [0, 0.05) is 17.6 Å². The minimum absolute atomic E-state index is 0.127. The van der Waals surface area contributed by atoms with Crippen molar-refractivity contribution in [3.63, 3.8) is 0 Å². The number of halogens is 2. The fourth-order valence-corrected chi connectivity index (χ4v) is 1.81. The molecule has 2 rings (SSSR count). The smallest absolute Gasteiger partial charge is 0.387 e. The number of hydrogen-bond donors (Lipinski definition) is 1. The summed E-state index contributed by atoms with van der Waals surface area (Å²) < 4.78 is 30.5. The van der Waals surface area contributed by atoms with Crippen LogP contribution in [-0.4, -0.2) is 16.2 Å². The van der Waals surface area contributed by atoms with Gasteiger partial charge in [-0.25, -0.2) is 0 Å². The van der Waals surface area contributed by atoms with Crippen LogP contribution in [0.2, 0.25) is 0 Å². The first-order chi connectivity index (χ1) is 8.06. The highest BCUT2D eigenvalue weighted by Gasteiger charge is 2.05. The fourth-order valence-electron chi connectivity index (χ4n) is 1.49. The van der Waals surface area contributed by atoms with Crippen molar-refractivity contribution in [2.75, 3.05) is 0 Å². The predicted molar refractivity (Wildman–Crippen MR) is 62.3 cm³/mol. The molecular formula is C11H10F2N2OS. The van der Waals surface area contributed by atoms with Crippen molar-refractivity contribution >= 4 is 12.2 Å².